The minimum atomic E-state index is -1.47. The van der Waals surface area contributed by atoms with E-state index in [0.29, 0.717) is 26.2 Å². The molecule has 0 aliphatic carbocycles. The summed E-state index contributed by atoms with van der Waals surface area (Å²) in [6, 6.07) is 7.68. The van der Waals surface area contributed by atoms with Gasteiger partial charge in [0, 0.05) is 31.9 Å². The Labute approximate surface area is 150 Å². The zero-order valence-corrected chi connectivity index (χ0v) is 14.7. The summed E-state index contributed by atoms with van der Waals surface area (Å²) < 4.78 is 40.4. The number of benzene rings is 2. The number of nitrogens with zero attached hydrogens (tertiary/aromatic N) is 2. The van der Waals surface area contributed by atoms with Crippen LogP contribution in [0.25, 0.3) is 0 Å². The lowest BCUT2D eigenvalue weighted by molar-refractivity contribution is 0.208. The van der Waals surface area contributed by atoms with E-state index in [0.717, 1.165) is 22.9 Å². The number of hydrogen-bond acceptors (Lipinski definition) is 2. The molecule has 26 heavy (non-hydrogen) atoms. The van der Waals surface area contributed by atoms with E-state index in [-0.39, 0.29) is 11.7 Å². The van der Waals surface area contributed by atoms with Gasteiger partial charge >= 0.3 is 6.03 Å². The number of urea groups is 1. The predicted molar refractivity (Wildman–Crippen MR) is 95.0 cm³/mol. The van der Waals surface area contributed by atoms with E-state index in [9.17, 15) is 18.0 Å². The largest absolute Gasteiger partial charge is 0.366 e. The molecule has 0 aromatic heterocycles. The monoisotopic (exact) mass is 363 g/mol. The Bertz CT molecular complexity index is 813. The third-order valence-electron chi connectivity index (χ3n) is 4.64. The maximum atomic E-state index is 13.9. The molecule has 3 rings (SSSR count). The van der Waals surface area contributed by atoms with Crippen molar-refractivity contribution in [3.05, 3.63) is 58.9 Å². The highest BCUT2D eigenvalue weighted by atomic mass is 19.2. The second-order valence-electron chi connectivity index (χ2n) is 6.37. The molecular formula is C19H20F3N3O. The van der Waals surface area contributed by atoms with Crippen LogP contribution < -0.4 is 10.2 Å². The molecule has 1 N–H and O–H groups in total. The van der Waals surface area contributed by atoms with E-state index in [4.69, 9.17) is 0 Å². The SMILES string of the molecule is Cc1cccc(C)c1NC(=O)N1CCN(c2ccc(F)c(F)c2F)CC1. The molecular weight excluding hydrogens is 343 g/mol. The molecule has 1 saturated heterocycles. The van der Waals surface area contributed by atoms with Crippen molar-refractivity contribution < 1.29 is 18.0 Å². The van der Waals surface area contributed by atoms with Gasteiger partial charge in [-0.1, -0.05) is 18.2 Å². The Morgan fingerprint density at radius 2 is 1.54 bits per heavy atom. The molecule has 1 heterocycles. The summed E-state index contributed by atoms with van der Waals surface area (Å²) in [6.07, 6.45) is 0. The summed E-state index contributed by atoms with van der Waals surface area (Å²) >= 11 is 0. The summed E-state index contributed by atoms with van der Waals surface area (Å²) in [6.45, 7) is 5.23. The Kier molecular flexibility index (Phi) is 5.06. The van der Waals surface area contributed by atoms with Crippen LogP contribution in [0.2, 0.25) is 0 Å². The molecule has 1 fully saturated rings. The summed E-state index contributed by atoms with van der Waals surface area (Å²) in [4.78, 5) is 15.7. The van der Waals surface area contributed by atoms with Crippen molar-refractivity contribution >= 4 is 17.4 Å². The highest BCUT2D eigenvalue weighted by Crippen LogP contribution is 2.25. The topological polar surface area (TPSA) is 35.6 Å². The van der Waals surface area contributed by atoms with Gasteiger partial charge in [0.2, 0.25) is 0 Å². The lowest BCUT2D eigenvalue weighted by Crippen LogP contribution is -2.50. The average molecular weight is 363 g/mol. The van der Waals surface area contributed by atoms with Crippen molar-refractivity contribution in [2.45, 2.75) is 13.8 Å². The Hall–Kier alpha value is -2.70. The molecule has 0 radical (unpaired) electrons. The van der Waals surface area contributed by atoms with Crippen molar-refractivity contribution in [1.82, 2.24) is 4.90 Å². The number of hydrogen-bond donors (Lipinski definition) is 1. The fourth-order valence-electron chi connectivity index (χ4n) is 3.11. The minimum Gasteiger partial charge on any atom is -0.366 e. The molecule has 2 amide bonds. The predicted octanol–water partition coefficient (Wildman–Crippen LogP) is 4.07. The van der Waals surface area contributed by atoms with Gasteiger partial charge < -0.3 is 15.1 Å². The summed E-state index contributed by atoms with van der Waals surface area (Å²) in [5, 5.41) is 2.92. The van der Waals surface area contributed by atoms with Crippen LogP contribution in [0.5, 0.6) is 0 Å². The number of carbonyl (C=O) groups is 1. The number of nitrogens with one attached hydrogen (secondary N) is 1. The number of para-hydroxylation sites is 1. The standard InChI is InChI=1S/C19H20F3N3O/c1-12-4-3-5-13(2)18(12)23-19(26)25-10-8-24(9-11-25)15-7-6-14(20)16(21)17(15)22/h3-7H,8-11H2,1-2H3,(H,23,26). The molecule has 4 nitrogen and oxygen atoms in total. The number of amides is 2. The van der Waals surface area contributed by atoms with Gasteiger partial charge in [0.05, 0.1) is 5.69 Å². The van der Waals surface area contributed by atoms with Gasteiger partial charge in [0.1, 0.15) is 0 Å². The fourth-order valence-corrected chi connectivity index (χ4v) is 3.11. The quantitative estimate of drug-likeness (QED) is 0.817. The molecule has 0 unspecified atom stereocenters. The van der Waals surface area contributed by atoms with E-state index in [1.54, 1.807) is 9.80 Å². The third kappa shape index (κ3) is 3.47. The number of rotatable bonds is 2. The number of aryl methyl sites for hydroxylation is 2. The van der Waals surface area contributed by atoms with Crippen LogP contribution >= 0.6 is 0 Å². The van der Waals surface area contributed by atoms with Crippen LogP contribution in [0.15, 0.2) is 30.3 Å². The maximum absolute atomic E-state index is 13.9. The first-order chi connectivity index (χ1) is 12.4. The minimum absolute atomic E-state index is 0.0127. The number of anilines is 2. The van der Waals surface area contributed by atoms with E-state index in [1.165, 1.54) is 6.07 Å². The Morgan fingerprint density at radius 1 is 0.923 bits per heavy atom. The lowest BCUT2D eigenvalue weighted by atomic mass is 10.1. The molecule has 0 bridgehead atoms. The smallest absolute Gasteiger partial charge is 0.321 e. The fraction of sp³-hybridized carbons (Fsp3) is 0.316. The Morgan fingerprint density at radius 3 is 2.15 bits per heavy atom. The molecule has 0 saturated carbocycles. The van der Waals surface area contributed by atoms with Crippen LogP contribution in [0.1, 0.15) is 11.1 Å². The van der Waals surface area contributed by atoms with Crippen molar-refractivity contribution in [2.24, 2.45) is 0 Å². The van der Waals surface area contributed by atoms with Crippen molar-refractivity contribution in [3.8, 4) is 0 Å². The molecule has 7 heteroatoms. The van der Waals surface area contributed by atoms with Gasteiger partial charge in [-0.05, 0) is 37.1 Å². The van der Waals surface area contributed by atoms with E-state index in [1.807, 2.05) is 32.0 Å². The van der Waals surface area contributed by atoms with E-state index in [2.05, 4.69) is 5.32 Å². The van der Waals surface area contributed by atoms with Crippen molar-refractivity contribution in [1.29, 1.82) is 0 Å². The molecule has 1 aliphatic rings. The molecule has 138 valence electrons. The lowest BCUT2D eigenvalue weighted by Gasteiger charge is -2.36. The summed E-state index contributed by atoms with van der Waals surface area (Å²) in [5.41, 5.74) is 2.74. The normalized spacial score (nSPS) is 14.5. The van der Waals surface area contributed by atoms with Crippen LogP contribution in [-0.4, -0.2) is 37.1 Å². The van der Waals surface area contributed by atoms with Gasteiger partial charge in [-0.2, -0.15) is 0 Å². The first-order valence-corrected chi connectivity index (χ1v) is 8.39. The molecule has 0 spiro atoms. The first kappa shape index (κ1) is 18.1. The van der Waals surface area contributed by atoms with Gasteiger partial charge in [0.25, 0.3) is 0 Å². The summed E-state index contributed by atoms with van der Waals surface area (Å²) in [5.74, 6) is -3.88. The van der Waals surface area contributed by atoms with Gasteiger partial charge in [0.15, 0.2) is 17.5 Å². The molecule has 0 atom stereocenters. The van der Waals surface area contributed by atoms with Crippen LogP contribution in [-0.2, 0) is 0 Å². The van der Waals surface area contributed by atoms with E-state index < -0.39 is 17.5 Å². The van der Waals surface area contributed by atoms with Crippen molar-refractivity contribution in [3.63, 3.8) is 0 Å². The Balaban J connectivity index is 1.65. The highest BCUT2D eigenvalue weighted by Gasteiger charge is 2.25. The second kappa shape index (κ2) is 7.27. The average Bonchev–Trinajstić information content (AvgIpc) is 2.63. The zero-order valence-electron chi connectivity index (χ0n) is 14.7. The van der Waals surface area contributed by atoms with Gasteiger partial charge in [-0.25, -0.2) is 18.0 Å². The molecule has 2 aromatic rings. The number of piperazine rings is 1. The zero-order chi connectivity index (χ0) is 18.8. The summed E-state index contributed by atoms with van der Waals surface area (Å²) in [7, 11) is 0. The third-order valence-corrected chi connectivity index (χ3v) is 4.64. The van der Waals surface area contributed by atoms with Crippen LogP contribution in [0.3, 0.4) is 0 Å². The number of halogens is 3. The molecule has 1 aliphatic heterocycles. The van der Waals surface area contributed by atoms with E-state index >= 15 is 0 Å². The number of carbonyl (C=O) groups excluding carboxylic acids is 1. The van der Waals surface area contributed by atoms with Gasteiger partial charge in [-0.15, -0.1) is 0 Å². The van der Waals surface area contributed by atoms with Crippen LogP contribution in [0.4, 0.5) is 29.3 Å². The first-order valence-electron chi connectivity index (χ1n) is 8.39. The molecule has 2 aromatic carbocycles. The highest BCUT2D eigenvalue weighted by molar-refractivity contribution is 5.91. The van der Waals surface area contributed by atoms with Crippen LogP contribution in [0, 0.1) is 31.3 Å². The van der Waals surface area contributed by atoms with Gasteiger partial charge in [-0.3, -0.25) is 0 Å². The maximum Gasteiger partial charge on any atom is 0.321 e. The van der Waals surface area contributed by atoms with Crippen molar-refractivity contribution in [2.75, 3.05) is 36.4 Å². The second-order valence-corrected chi connectivity index (χ2v) is 6.37.